The van der Waals surface area contributed by atoms with Gasteiger partial charge in [-0.1, -0.05) is 0 Å². The summed E-state index contributed by atoms with van der Waals surface area (Å²) < 4.78 is 4.54. The highest BCUT2D eigenvalue weighted by Crippen LogP contribution is 2.20. The van der Waals surface area contributed by atoms with Crippen LogP contribution < -0.4 is 0 Å². The van der Waals surface area contributed by atoms with Gasteiger partial charge < -0.3 is 0 Å². The Balaban J connectivity index is 2.11. The summed E-state index contributed by atoms with van der Waals surface area (Å²) in [4.78, 5) is 4.37. The van der Waals surface area contributed by atoms with Gasteiger partial charge in [-0.25, -0.2) is 9.50 Å². The molecular weight excluding hydrogens is 282 g/mol. The molecule has 0 fully saturated rings. The first-order valence-electron chi connectivity index (χ1n) is 5.29. The lowest BCUT2D eigenvalue weighted by Gasteiger charge is -1.98. The molecule has 0 aliphatic rings. The van der Waals surface area contributed by atoms with Gasteiger partial charge in [0, 0.05) is 36.3 Å². The van der Waals surface area contributed by atoms with Crippen molar-refractivity contribution >= 4 is 21.6 Å². The minimum absolute atomic E-state index is 0.816. The molecule has 0 unspecified atom stereocenters. The van der Waals surface area contributed by atoms with E-state index in [1.54, 1.807) is 10.7 Å². The molecule has 0 spiro atoms. The summed E-state index contributed by atoms with van der Waals surface area (Å²) in [5.41, 5.74) is 2.87. The van der Waals surface area contributed by atoms with E-state index < -0.39 is 0 Å². The van der Waals surface area contributed by atoms with Gasteiger partial charge in [0.15, 0.2) is 5.65 Å². The minimum Gasteiger partial charge on any atom is -0.272 e. The molecule has 3 rings (SSSR count). The number of fused-ring (bicyclic) bond motifs is 1. The number of nitrogens with zero attached hydrogens (tertiary/aromatic N) is 5. The molecular formula is C11H10BrN5. The Morgan fingerprint density at radius 1 is 1.12 bits per heavy atom. The number of hydrogen-bond acceptors (Lipinski definition) is 3. The predicted molar refractivity (Wildman–Crippen MR) is 67.6 cm³/mol. The van der Waals surface area contributed by atoms with Crippen LogP contribution in [0.1, 0.15) is 6.92 Å². The number of halogens is 1. The van der Waals surface area contributed by atoms with E-state index in [9.17, 15) is 0 Å². The summed E-state index contributed by atoms with van der Waals surface area (Å²) in [5, 5.41) is 8.46. The van der Waals surface area contributed by atoms with Gasteiger partial charge in [0.25, 0.3) is 0 Å². The van der Waals surface area contributed by atoms with E-state index in [0.29, 0.717) is 0 Å². The normalized spacial score (nSPS) is 11.2. The summed E-state index contributed by atoms with van der Waals surface area (Å²) in [6, 6.07) is 0. The van der Waals surface area contributed by atoms with Gasteiger partial charge in [-0.2, -0.15) is 10.2 Å². The lowest BCUT2D eigenvalue weighted by atomic mass is 10.2. The lowest BCUT2D eigenvalue weighted by Crippen LogP contribution is -1.92. The summed E-state index contributed by atoms with van der Waals surface area (Å²) in [5.74, 6) is 0. The largest absolute Gasteiger partial charge is 0.272 e. The molecule has 0 amide bonds. The molecule has 0 N–H and O–H groups in total. The standard InChI is InChI=1S/C11H10BrN5/c1-2-16-6-9(4-14-16)8-3-13-11-10(12)5-15-17(11)7-8/h3-7H,2H2,1H3. The molecule has 0 bridgehead atoms. The van der Waals surface area contributed by atoms with E-state index >= 15 is 0 Å². The van der Waals surface area contributed by atoms with E-state index in [4.69, 9.17) is 0 Å². The Hall–Kier alpha value is -1.69. The lowest BCUT2D eigenvalue weighted by molar-refractivity contribution is 0.660. The third-order valence-corrected chi connectivity index (χ3v) is 3.16. The zero-order valence-corrected chi connectivity index (χ0v) is 10.8. The smallest absolute Gasteiger partial charge is 0.169 e. The highest BCUT2D eigenvalue weighted by molar-refractivity contribution is 9.10. The molecule has 86 valence electrons. The fourth-order valence-corrected chi connectivity index (χ4v) is 2.06. The molecule has 3 heterocycles. The topological polar surface area (TPSA) is 48.0 Å². The van der Waals surface area contributed by atoms with Crippen molar-refractivity contribution in [3.8, 4) is 11.1 Å². The zero-order valence-electron chi connectivity index (χ0n) is 9.21. The van der Waals surface area contributed by atoms with Crippen LogP contribution in [0, 0.1) is 0 Å². The van der Waals surface area contributed by atoms with Gasteiger partial charge >= 0.3 is 0 Å². The first-order valence-corrected chi connectivity index (χ1v) is 6.09. The number of hydrogen-bond donors (Lipinski definition) is 0. The molecule has 17 heavy (non-hydrogen) atoms. The van der Waals surface area contributed by atoms with Crippen LogP contribution in [-0.4, -0.2) is 24.4 Å². The maximum atomic E-state index is 4.37. The molecule has 0 saturated carbocycles. The molecule has 0 aromatic carbocycles. The highest BCUT2D eigenvalue weighted by Gasteiger charge is 2.06. The Kier molecular flexibility index (Phi) is 2.44. The molecule has 6 heteroatoms. The van der Waals surface area contributed by atoms with Gasteiger partial charge in [0.05, 0.1) is 16.9 Å². The van der Waals surface area contributed by atoms with Crippen LogP contribution in [-0.2, 0) is 6.54 Å². The molecule has 0 aliphatic carbocycles. The van der Waals surface area contributed by atoms with Gasteiger partial charge in [-0.3, -0.25) is 4.68 Å². The molecule has 5 nitrogen and oxygen atoms in total. The Labute approximate surface area is 106 Å². The van der Waals surface area contributed by atoms with Crippen molar-refractivity contribution in [1.29, 1.82) is 0 Å². The van der Waals surface area contributed by atoms with Crippen LogP contribution >= 0.6 is 15.9 Å². The van der Waals surface area contributed by atoms with Gasteiger partial charge in [-0.05, 0) is 22.9 Å². The number of aromatic nitrogens is 5. The molecule has 0 radical (unpaired) electrons. The quantitative estimate of drug-likeness (QED) is 0.728. The monoisotopic (exact) mass is 291 g/mol. The van der Waals surface area contributed by atoms with Crippen molar-refractivity contribution in [3.05, 3.63) is 35.5 Å². The van der Waals surface area contributed by atoms with E-state index in [2.05, 4.69) is 38.0 Å². The first kappa shape index (κ1) is 10.5. The van der Waals surface area contributed by atoms with Crippen LogP contribution in [0.25, 0.3) is 16.8 Å². The molecule has 3 aromatic heterocycles. The Morgan fingerprint density at radius 3 is 2.71 bits per heavy atom. The summed E-state index contributed by atoms with van der Waals surface area (Å²) in [6.07, 6.45) is 9.36. The second kappa shape index (κ2) is 3.96. The summed E-state index contributed by atoms with van der Waals surface area (Å²) in [6.45, 7) is 2.92. The second-order valence-corrected chi connectivity index (χ2v) is 4.54. The number of aryl methyl sites for hydroxylation is 1. The molecule has 0 atom stereocenters. The van der Waals surface area contributed by atoms with Crippen LogP contribution in [0.4, 0.5) is 0 Å². The third kappa shape index (κ3) is 1.74. The third-order valence-electron chi connectivity index (χ3n) is 2.60. The fraction of sp³-hybridized carbons (Fsp3) is 0.182. The maximum Gasteiger partial charge on any atom is 0.169 e. The second-order valence-electron chi connectivity index (χ2n) is 3.69. The maximum absolute atomic E-state index is 4.37. The van der Waals surface area contributed by atoms with Gasteiger partial charge in [-0.15, -0.1) is 0 Å². The SMILES string of the molecule is CCn1cc(-c2cnc3c(Br)cnn3c2)cn1. The minimum atomic E-state index is 0.816. The predicted octanol–water partition coefficient (Wildman–Crippen LogP) is 2.38. The summed E-state index contributed by atoms with van der Waals surface area (Å²) in [7, 11) is 0. The average Bonchev–Trinajstić information content (AvgIpc) is 2.96. The van der Waals surface area contributed by atoms with Crippen molar-refractivity contribution in [2.45, 2.75) is 13.5 Å². The van der Waals surface area contributed by atoms with Crippen molar-refractivity contribution in [1.82, 2.24) is 24.4 Å². The molecule has 0 saturated heterocycles. The Morgan fingerprint density at radius 2 is 1.94 bits per heavy atom. The van der Waals surface area contributed by atoms with E-state index in [1.807, 2.05) is 29.5 Å². The first-order chi connectivity index (χ1) is 8.28. The van der Waals surface area contributed by atoms with Gasteiger partial charge in [0.2, 0.25) is 0 Å². The average molecular weight is 292 g/mol. The highest BCUT2D eigenvalue weighted by atomic mass is 79.9. The zero-order chi connectivity index (χ0) is 11.8. The van der Waals surface area contributed by atoms with Crippen LogP contribution in [0.2, 0.25) is 0 Å². The molecule has 3 aromatic rings. The fourth-order valence-electron chi connectivity index (χ4n) is 1.68. The van der Waals surface area contributed by atoms with Crippen molar-refractivity contribution in [3.63, 3.8) is 0 Å². The van der Waals surface area contributed by atoms with Crippen molar-refractivity contribution in [2.24, 2.45) is 0 Å². The van der Waals surface area contributed by atoms with Gasteiger partial charge in [0.1, 0.15) is 0 Å². The Bertz CT molecular complexity index is 669. The van der Waals surface area contributed by atoms with Crippen LogP contribution in [0.3, 0.4) is 0 Å². The summed E-state index contributed by atoms with van der Waals surface area (Å²) >= 11 is 3.40. The van der Waals surface area contributed by atoms with Crippen molar-refractivity contribution in [2.75, 3.05) is 0 Å². The number of rotatable bonds is 2. The van der Waals surface area contributed by atoms with Crippen LogP contribution in [0.5, 0.6) is 0 Å². The van der Waals surface area contributed by atoms with Crippen molar-refractivity contribution < 1.29 is 0 Å². The van der Waals surface area contributed by atoms with E-state index in [1.165, 1.54) is 0 Å². The van der Waals surface area contributed by atoms with E-state index in [0.717, 1.165) is 27.8 Å². The van der Waals surface area contributed by atoms with E-state index in [-0.39, 0.29) is 0 Å². The van der Waals surface area contributed by atoms with Crippen LogP contribution in [0.15, 0.2) is 35.5 Å². The molecule has 0 aliphatic heterocycles.